The summed E-state index contributed by atoms with van der Waals surface area (Å²) in [4.78, 5) is 26.1. The van der Waals surface area contributed by atoms with Gasteiger partial charge in [0.2, 0.25) is 0 Å². The summed E-state index contributed by atoms with van der Waals surface area (Å²) in [7, 11) is 0. The number of carbonyl (C=O) groups excluding carboxylic acids is 1. The lowest BCUT2D eigenvalue weighted by Crippen LogP contribution is -2.21. The van der Waals surface area contributed by atoms with Crippen LogP contribution in [-0.2, 0) is 14.4 Å². The van der Waals surface area contributed by atoms with Gasteiger partial charge < -0.3 is 9.94 Å². The van der Waals surface area contributed by atoms with Gasteiger partial charge in [-0.15, -0.1) is 0 Å². The normalized spacial score (nSPS) is 10.5. The molecule has 21 heavy (non-hydrogen) atoms. The zero-order valence-corrected chi connectivity index (χ0v) is 13.4. The number of carbonyl (C=O) groups is 2. The van der Waals surface area contributed by atoms with Crippen molar-refractivity contribution in [2.45, 2.75) is 84.0 Å². The summed E-state index contributed by atoms with van der Waals surface area (Å²) in [6.07, 6.45) is 12.4. The van der Waals surface area contributed by atoms with E-state index in [1.165, 1.54) is 51.4 Å². The van der Waals surface area contributed by atoms with Crippen LogP contribution in [0.3, 0.4) is 0 Å². The number of carboxylic acids is 1. The minimum atomic E-state index is -0.985. The molecular weight excluding hydrogens is 270 g/mol. The molecule has 0 unspecified atom stereocenters. The molecule has 0 aliphatic rings. The van der Waals surface area contributed by atoms with Crippen molar-refractivity contribution in [3.63, 3.8) is 0 Å². The first-order valence-corrected chi connectivity index (χ1v) is 8.31. The van der Waals surface area contributed by atoms with Gasteiger partial charge in [0.05, 0.1) is 12.8 Å². The summed E-state index contributed by atoms with van der Waals surface area (Å²) in [6, 6.07) is 0. The fourth-order valence-corrected chi connectivity index (χ4v) is 2.08. The number of unbranched alkanes of at least 4 members (excludes halogenated alkanes) is 9. The molecular formula is C16H31NO4. The standard InChI is InChI=1S/C16H31NO4/c1-2-3-4-5-6-7-8-9-10-11-14-17-21-16(20)13-12-15(18)19/h17H,2-14H2,1H3,(H,18,19). The second kappa shape index (κ2) is 15.3. The highest BCUT2D eigenvalue weighted by atomic mass is 16.7. The predicted molar refractivity (Wildman–Crippen MR) is 82.8 cm³/mol. The SMILES string of the molecule is CCCCCCCCCCCCNOC(=O)CCC(=O)O. The van der Waals surface area contributed by atoms with Gasteiger partial charge in [-0.2, -0.15) is 5.48 Å². The summed E-state index contributed by atoms with van der Waals surface area (Å²) in [5.41, 5.74) is 2.59. The molecule has 5 heteroatoms. The minimum absolute atomic E-state index is 0.0830. The number of nitrogens with one attached hydrogen (secondary N) is 1. The van der Waals surface area contributed by atoms with Crippen molar-refractivity contribution in [1.29, 1.82) is 0 Å². The Hall–Kier alpha value is -1.10. The summed E-state index contributed by atoms with van der Waals surface area (Å²) in [6.45, 7) is 2.87. The van der Waals surface area contributed by atoms with Crippen molar-refractivity contribution in [2.24, 2.45) is 0 Å². The first-order valence-electron chi connectivity index (χ1n) is 8.31. The minimum Gasteiger partial charge on any atom is -0.481 e. The average Bonchev–Trinajstić information content (AvgIpc) is 2.46. The second-order valence-electron chi connectivity index (χ2n) is 5.44. The third-order valence-electron chi connectivity index (χ3n) is 3.36. The first kappa shape index (κ1) is 19.9. The molecule has 0 bridgehead atoms. The maximum Gasteiger partial charge on any atom is 0.325 e. The van der Waals surface area contributed by atoms with Crippen molar-refractivity contribution in [3.8, 4) is 0 Å². The van der Waals surface area contributed by atoms with Gasteiger partial charge in [0.15, 0.2) is 0 Å². The van der Waals surface area contributed by atoms with Crippen LogP contribution < -0.4 is 5.48 Å². The zero-order chi connectivity index (χ0) is 15.8. The Bertz CT molecular complexity index is 269. The van der Waals surface area contributed by atoms with Crippen molar-refractivity contribution in [2.75, 3.05) is 6.54 Å². The lowest BCUT2D eigenvalue weighted by Gasteiger charge is -2.05. The molecule has 0 radical (unpaired) electrons. The smallest absolute Gasteiger partial charge is 0.325 e. The van der Waals surface area contributed by atoms with Crippen molar-refractivity contribution < 1.29 is 19.5 Å². The van der Waals surface area contributed by atoms with Crippen LogP contribution in [-0.4, -0.2) is 23.6 Å². The van der Waals surface area contributed by atoms with Crippen molar-refractivity contribution in [1.82, 2.24) is 5.48 Å². The fourth-order valence-electron chi connectivity index (χ4n) is 2.08. The van der Waals surface area contributed by atoms with Gasteiger partial charge >= 0.3 is 11.9 Å². The average molecular weight is 301 g/mol. The third-order valence-corrected chi connectivity index (χ3v) is 3.36. The molecule has 2 N–H and O–H groups in total. The molecule has 124 valence electrons. The Labute approximate surface area is 128 Å². The van der Waals surface area contributed by atoms with E-state index >= 15 is 0 Å². The first-order chi connectivity index (χ1) is 10.2. The Kier molecular flexibility index (Phi) is 14.5. The molecule has 0 atom stereocenters. The van der Waals surface area contributed by atoms with Crippen LogP contribution in [0.4, 0.5) is 0 Å². The van der Waals surface area contributed by atoms with Crippen LogP contribution in [0, 0.1) is 0 Å². The summed E-state index contributed by atoms with van der Waals surface area (Å²) in [5.74, 6) is -1.49. The van der Waals surface area contributed by atoms with Crippen LogP contribution in [0.2, 0.25) is 0 Å². The van der Waals surface area contributed by atoms with E-state index in [4.69, 9.17) is 9.94 Å². The van der Waals surface area contributed by atoms with Crippen LogP contribution in [0.1, 0.15) is 84.0 Å². The van der Waals surface area contributed by atoms with Crippen LogP contribution in [0.25, 0.3) is 0 Å². The number of aliphatic carboxylic acids is 1. The number of rotatable bonds is 15. The van der Waals surface area contributed by atoms with Gasteiger partial charge in [-0.05, 0) is 6.42 Å². The van der Waals surface area contributed by atoms with E-state index in [2.05, 4.69) is 12.4 Å². The van der Waals surface area contributed by atoms with Crippen LogP contribution in [0.5, 0.6) is 0 Å². The molecule has 0 aromatic rings. The summed E-state index contributed by atoms with van der Waals surface area (Å²) < 4.78 is 0. The van der Waals surface area contributed by atoms with Gasteiger partial charge in [-0.25, -0.2) is 0 Å². The number of hydrogen-bond acceptors (Lipinski definition) is 4. The highest BCUT2D eigenvalue weighted by molar-refractivity contribution is 5.76. The van der Waals surface area contributed by atoms with Crippen LogP contribution >= 0.6 is 0 Å². The van der Waals surface area contributed by atoms with Gasteiger partial charge in [-0.3, -0.25) is 9.59 Å². The Morgan fingerprint density at radius 3 is 1.90 bits per heavy atom. The molecule has 0 fully saturated rings. The predicted octanol–water partition coefficient (Wildman–Crippen LogP) is 3.82. The van der Waals surface area contributed by atoms with E-state index < -0.39 is 11.9 Å². The summed E-state index contributed by atoms with van der Waals surface area (Å²) >= 11 is 0. The largest absolute Gasteiger partial charge is 0.481 e. The molecule has 0 aliphatic carbocycles. The number of hydroxylamine groups is 1. The highest BCUT2D eigenvalue weighted by Gasteiger charge is 2.06. The topological polar surface area (TPSA) is 75.6 Å². The molecule has 5 nitrogen and oxygen atoms in total. The maximum atomic E-state index is 11.1. The molecule has 0 saturated carbocycles. The lowest BCUT2D eigenvalue weighted by atomic mass is 10.1. The van der Waals surface area contributed by atoms with Gasteiger partial charge in [0.1, 0.15) is 0 Å². The fraction of sp³-hybridized carbons (Fsp3) is 0.875. The van der Waals surface area contributed by atoms with E-state index in [9.17, 15) is 9.59 Å². The van der Waals surface area contributed by atoms with E-state index in [-0.39, 0.29) is 12.8 Å². The monoisotopic (exact) mass is 301 g/mol. The Morgan fingerprint density at radius 1 is 0.857 bits per heavy atom. The number of carboxylic acid groups (broad SMARTS) is 1. The quantitative estimate of drug-likeness (QED) is 0.355. The highest BCUT2D eigenvalue weighted by Crippen LogP contribution is 2.10. The third kappa shape index (κ3) is 16.8. The Balaban J connectivity index is 3.12. The van der Waals surface area contributed by atoms with Gasteiger partial charge in [0, 0.05) is 6.54 Å². The van der Waals surface area contributed by atoms with Gasteiger partial charge in [-0.1, -0.05) is 64.7 Å². The molecule has 0 amide bonds. The molecule has 0 saturated heterocycles. The molecule has 0 rings (SSSR count). The van der Waals surface area contributed by atoms with E-state index in [0.29, 0.717) is 6.54 Å². The lowest BCUT2D eigenvalue weighted by molar-refractivity contribution is -0.153. The summed E-state index contributed by atoms with van der Waals surface area (Å²) in [5, 5.41) is 8.41. The van der Waals surface area contributed by atoms with E-state index in [1.54, 1.807) is 0 Å². The van der Waals surface area contributed by atoms with Crippen LogP contribution in [0.15, 0.2) is 0 Å². The maximum absolute atomic E-state index is 11.1. The van der Waals surface area contributed by atoms with E-state index in [0.717, 1.165) is 12.8 Å². The molecule has 0 aromatic heterocycles. The van der Waals surface area contributed by atoms with Crippen molar-refractivity contribution in [3.05, 3.63) is 0 Å². The second-order valence-corrected chi connectivity index (χ2v) is 5.44. The molecule has 0 aromatic carbocycles. The molecule has 0 heterocycles. The van der Waals surface area contributed by atoms with E-state index in [1.807, 2.05) is 0 Å². The van der Waals surface area contributed by atoms with Crippen molar-refractivity contribution >= 4 is 11.9 Å². The molecule has 0 spiro atoms. The molecule has 0 aliphatic heterocycles. The number of hydrogen-bond donors (Lipinski definition) is 2. The van der Waals surface area contributed by atoms with Gasteiger partial charge in [0.25, 0.3) is 0 Å². The zero-order valence-electron chi connectivity index (χ0n) is 13.4. The Morgan fingerprint density at radius 2 is 1.38 bits per heavy atom.